The van der Waals surface area contributed by atoms with Crippen LogP contribution in [-0.2, 0) is 4.79 Å². The Morgan fingerprint density at radius 2 is 2.05 bits per heavy atom. The van der Waals surface area contributed by atoms with Gasteiger partial charge in [-0.1, -0.05) is 25.1 Å². The summed E-state index contributed by atoms with van der Waals surface area (Å²) in [6, 6.07) is 8.09. The smallest absolute Gasteiger partial charge is 0.267 e. The number of amides is 2. The number of nitrogens with zero attached hydrogens (tertiary/aromatic N) is 2. The van der Waals surface area contributed by atoms with E-state index in [1.807, 2.05) is 13.0 Å². The molecule has 0 aromatic heterocycles. The number of allylic oxidation sites excluding steroid dienone is 1. The second-order valence-corrected chi connectivity index (χ2v) is 4.79. The summed E-state index contributed by atoms with van der Waals surface area (Å²) >= 11 is 5.76. The highest BCUT2D eigenvalue weighted by Crippen LogP contribution is 2.28. The van der Waals surface area contributed by atoms with Crippen LogP contribution in [0.3, 0.4) is 0 Å². The predicted octanol–water partition coefficient (Wildman–Crippen LogP) is 2.57. The molecular formula is C15H12ClN3O2. The molecule has 1 N–H and O–H groups in total. The van der Waals surface area contributed by atoms with Crippen molar-refractivity contribution in [3.05, 3.63) is 58.3 Å². The maximum atomic E-state index is 12.1. The van der Waals surface area contributed by atoms with Crippen LogP contribution in [0.1, 0.15) is 23.7 Å². The summed E-state index contributed by atoms with van der Waals surface area (Å²) in [6.07, 6.45) is 0.487. The Labute approximate surface area is 127 Å². The highest BCUT2D eigenvalue weighted by Gasteiger charge is 2.34. The van der Waals surface area contributed by atoms with Crippen LogP contribution < -0.4 is 5.43 Å². The second-order valence-electron chi connectivity index (χ2n) is 4.35. The van der Waals surface area contributed by atoms with Crippen molar-refractivity contribution < 1.29 is 9.59 Å². The van der Waals surface area contributed by atoms with Crippen molar-refractivity contribution >= 4 is 23.4 Å². The van der Waals surface area contributed by atoms with E-state index in [1.165, 1.54) is 0 Å². The molecule has 5 nitrogen and oxygen atoms in total. The van der Waals surface area contributed by atoms with Crippen LogP contribution in [0.2, 0.25) is 5.02 Å². The quantitative estimate of drug-likeness (QED) is 0.932. The van der Waals surface area contributed by atoms with E-state index in [0.717, 1.165) is 5.01 Å². The zero-order valence-corrected chi connectivity index (χ0v) is 12.1. The molecule has 106 valence electrons. The van der Waals surface area contributed by atoms with Gasteiger partial charge in [-0.3, -0.25) is 15.0 Å². The summed E-state index contributed by atoms with van der Waals surface area (Å²) in [4.78, 5) is 24.2. The molecule has 0 saturated carbocycles. The van der Waals surface area contributed by atoms with Crippen molar-refractivity contribution in [1.29, 1.82) is 5.26 Å². The normalized spacial score (nSPS) is 14.4. The number of benzene rings is 1. The van der Waals surface area contributed by atoms with Gasteiger partial charge in [0, 0.05) is 16.2 Å². The summed E-state index contributed by atoms with van der Waals surface area (Å²) in [7, 11) is 0. The topological polar surface area (TPSA) is 73.2 Å². The van der Waals surface area contributed by atoms with Gasteiger partial charge in [0.1, 0.15) is 11.6 Å². The third-order valence-corrected chi connectivity index (χ3v) is 3.37. The Kier molecular flexibility index (Phi) is 4.10. The van der Waals surface area contributed by atoms with Gasteiger partial charge in [0.15, 0.2) is 0 Å². The fraction of sp³-hybridized carbons (Fsp3) is 0.133. The molecule has 0 radical (unpaired) electrons. The summed E-state index contributed by atoms with van der Waals surface area (Å²) in [5, 5.41) is 10.5. The molecule has 2 rings (SSSR count). The van der Waals surface area contributed by atoms with E-state index in [0.29, 0.717) is 28.3 Å². The molecule has 1 aromatic rings. The van der Waals surface area contributed by atoms with Crippen molar-refractivity contribution in [1.82, 2.24) is 10.4 Å². The third kappa shape index (κ3) is 2.67. The molecule has 0 spiro atoms. The van der Waals surface area contributed by atoms with Crippen LogP contribution >= 0.6 is 11.6 Å². The number of nitrogens with one attached hydrogen (secondary N) is 1. The van der Waals surface area contributed by atoms with E-state index in [4.69, 9.17) is 16.9 Å². The molecule has 0 aliphatic carbocycles. The number of carbonyl (C=O) groups is 2. The van der Waals surface area contributed by atoms with Gasteiger partial charge in [-0.2, -0.15) is 5.26 Å². The number of hydrazine groups is 1. The summed E-state index contributed by atoms with van der Waals surface area (Å²) in [5.74, 6) is -1.04. The van der Waals surface area contributed by atoms with Crippen molar-refractivity contribution in [2.24, 2.45) is 0 Å². The van der Waals surface area contributed by atoms with E-state index in [9.17, 15) is 9.59 Å². The van der Waals surface area contributed by atoms with E-state index in [2.05, 4.69) is 12.0 Å². The Bertz CT molecular complexity index is 699. The monoisotopic (exact) mass is 301 g/mol. The minimum Gasteiger partial charge on any atom is -0.267 e. The molecule has 6 heteroatoms. The van der Waals surface area contributed by atoms with Crippen LogP contribution in [0, 0.1) is 11.3 Å². The van der Waals surface area contributed by atoms with Crippen LogP contribution in [-0.4, -0.2) is 16.8 Å². The molecule has 0 atom stereocenters. The lowest BCUT2D eigenvalue weighted by molar-refractivity contribution is -0.125. The molecule has 1 heterocycles. The standard InChI is InChI=1S/C15H12ClN3O2/c1-3-12-9(2)19(15(21)13(12)8-17)18-14(20)10-4-6-11(16)7-5-10/h4-7H,2-3H2,1H3,(H,18,20). The lowest BCUT2D eigenvalue weighted by Gasteiger charge is -2.19. The molecule has 1 aromatic carbocycles. The maximum absolute atomic E-state index is 12.1. The largest absolute Gasteiger partial charge is 0.288 e. The average molecular weight is 302 g/mol. The lowest BCUT2D eigenvalue weighted by Crippen LogP contribution is -2.42. The van der Waals surface area contributed by atoms with E-state index < -0.39 is 11.8 Å². The van der Waals surface area contributed by atoms with Gasteiger partial charge >= 0.3 is 0 Å². The highest BCUT2D eigenvalue weighted by atomic mass is 35.5. The Balaban J connectivity index is 2.20. The molecule has 21 heavy (non-hydrogen) atoms. The van der Waals surface area contributed by atoms with E-state index >= 15 is 0 Å². The number of nitriles is 1. The average Bonchev–Trinajstić information content (AvgIpc) is 2.71. The van der Waals surface area contributed by atoms with Gasteiger partial charge < -0.3 is 0 Å². The zero-order chi connectivity index (χ0) is 15.6. The molecule has 1 aliphatic heterocycles. The first-order chi connectivity index (χ1) is 9.99. The number of rotatable bonds is 3. The SMILES string of the molecule is C=C1C(CC)=C(C#N)C(=O)N1NC(=O)c1ccc(Cl)cc1. The number of carbonyl (C=O) groups excluding carboxylic acids is 2. The van der Waals surface area contributed by atoms with Crippen LogP contribution in [0.5, 0.6) is 0 Å². The van der Waals surface area contributed by atoms with Gasteiger partial charge in [-0.05, 0) is 30.7 Å². The van der Waals surface area contributed by atoms with E-state index in [-0.39, 0.29) is 5.57 Å². The second kappa shape index (κ2) is 5.81. The summed E-state index contributed by atoms with van der Waals surface area (Å²) in [5.41, 5.74) is 3.68. The van der Waals surface area contributed by atoms with Gasteiger partial charge in [-0.15, -0.1) is 0 Å². The Morgan fingerprint density at radius 1 is 1.43 bits per heavy atom. The molecular weight excluding hydrogens is 290 g/mol. The Hall–Kier alpha value is -2.58. The van der Waals surface area contributed by atoms with Crippen molar-refractivity contribution in [2.75, 3.05) is 0 Å². The third-order valence-electron chi connectivity index (χ3n) is 3.12. The van der Waals surface area contributed by atoms with Gasteiger partial charge in [-0.25, -0.2) is 5.01 Å². The van der Waals surface area contributed by atoms with Gasteiger partial charge in [0.2, 0.25) is 0 Å². The first-order valence-corrected chi connectivity index (χ1v) is 6.61. The fourth-order valence-corrected chi connectivity index (χ4v) is 2.15. The van der Waals surface area contributed by atoms with Crippen molar-refractivity contribution in [3.63, 3.8) is 0 Å². The number of hydrogen-bond acceptors (Lipinski definition) is 3. The zero-order valence-electron chi connectivity index (χ0n) is 11.3. The van der Waals surface area contributed by atoms with Crippen LogP contribution in [0.4, 0.5) is 0 Å². The molecule has 0 saturated heterocycles. The lowest BCUT2D eigenvalue weighted by atomic mass is 10.1. The Morgan fingerprint density at radius 3 is 2.52 bits per heavy atom. The molecule has 0 fully saturated rings. The number of halogens is 1. The predicted molar refractivity (Wildman–Crippen MR) is 77.8 cm³/mol. The minimum absolute atomic E-state index is 0.0129. The number of hydrogen-bond donors (Lipinski definition) is 1. The van der Waals surface area contributed by atoms with Crippen LogP contribution in [0.15, 0.2) is 47.7 Å². The summed E-state index contributed by atoms with van der Waals surface area (Å²) < 4.78 is 0. The van der Waals surface area contributed by atoms with Gasteiger partial charge in [0.05, 0.1) is 5.70 Å². The fourth-order valence-electron chi connectivity index (χ4n) is 2.02. The molecule has 2 amide bonds. The van der Waals surface area contributed by atoms with Crippen molar-refractivity contribution in [2.45, 2.75) is 13.3 Å². The molecule has 0 bridgehead atoms. The molecule has 1 aliphatic rings. The minimum atomic E-state index is -0.568. The first kappa shape index (κ1) is 14.8. The summed E-state index contributed by atoms with van der Waals surface area (Å²) in [6.45, 7) is 5.57. The maximum Gasteiger partial charge on any atom is 0.288 e. The molecule has 0 unspecified atom stereocenters. The van der Waals surface area contributed by atoms with Gasteiger partial charge in [0.25, 0.3) is 11.8 Å². The first-order valence-electron chi connectivity index (χ1n) is 6.23. The van der Waals surface area contributed by atoms with Crippen LogP contribution in [0.25, 0.3) is 0 Å². The highest BCUT2D eigenvalue weighted by molar-refractivity contribution is 6.30. The van der Waals surface area contributed by atoms with Crippen molar-refractivity contribution in [3.8, 4) is 6.07 Å². The van der Waals surface area contributed by atoms with E-state index in [1.54, 1.807) is 24.3 Å².